The summed E-state index contributed by atoms with van der Waals surface area (Å²) in [6.07, 6.45) is 9.39. The van der Waals surface area contributed by atoms with Crippen molar-refractivity contribution in [1.82, 2.24) is 9.97 Å². The van der Waals surface area contributed by atoms with Crippen LogP contribution in [0.5, 0.6) is 0 Å². The Morgan fingerprint density at radius 2 is 1.04 bits per heavy atom. The maximum absolute atomic E-state index is 7.03. The minimum absolute atomic E-state index is 0.0999. The van der Waals surface area contributed by atoms with Gasteiger partial charge < -0.3 is 8.83 Å². The van der Waals surface area contributed by atoms with E-state index in [9.17, 15) is 0 Å². The molecule has 9 aromatic rings. The molecule has 0 saturated heterocycles. The molecular weight excluding hydrogens is 613 g/mol. The Hall–Kier alpha value is -6.52. The average Bonchev–Trinajstić information content (AvgIpc) is 3.76. The summed E-state index contributed by atoms with van der Waals surface area (Å²) in [4.78, 5) is 10.3. The zero-order valence-electron chi connectivity index (χ0n) is 27.1. The summed E-state index contributed by atoms with van der Waals surface area (Å²) in [5.74, 6) is 0.904. The van der Waals surface area contributed by atoms with E-state index in [2.05, 4.69) is 133 Å². The quantitative estimate of drug-likeness (QED) is 0.187. The van der Waals surface area contributed by atoms with Crippen LogP contribution in [0, 0.1) is 0 Å². The highest BCUT2D eigenvalue weighted by molar-refractivity contribution is 6.23. The van der Waals surface area contributed by atoms with E-state index in [0.29, 0.717) is 0 Å². The van der Waals surface area contributed by atoms with E-state index in [0.717, 1.165) is 101 Å². The molecule has 1 atom stereocenters. The number of hydrogen-bond acceptors (Lipinski definition) is 4. The van der Waals surface area contributed by atoms with Crippen LogP contribution in [-0.4, -0.2) is 9.97 Å². The van der Waals surface area contributed by atoms with Gasteiger partial charge in [-0.05, 0) is 35.7 Å². The van der Waals surface area contributed by atoms with E-state index in [-0.39, 0.29) is 5.92 Å². The molecule has 0 bridgehead atoms. The van der Waals surface area contributed by atoms with Gasteiger partial charge in [-0.1, -0.05) is 146 Å². The van der Waals surface area contributed by atoms with Crippen LogP contribution in [0.15, 0.2) is 173 Å². The van der Waals surface area contributed by atoms with E-state index < -0.39 is 0 Å². The van der Waals surface area contributed by atoms with Gasteiger partial charge in [0.1, 0.15) is 28.2 Å². The van der Waals surface area contributed by atoms with Crippen molar-refractivity contribution in [3.8, 4) is 44.8 Å². The number of benzene rings is 6. The van der Waals surface area contributed by atoms with E-state index >= 15 is 0 Å². The Kier molecular flexibility index (Phi) is 6.59. The third-order valence-electron chi connectivity index (χ3n) is 9.80. The molecular formula is C46H30N2O2. The summed E-state index contributed by atoms with van der Waals surface area (Å²) in [7, 11) is 0. The standard InChI is InChI=1S/C46H30N2O2/c1-5-15-29(16-6-1)33-23-13-24-34-37-27-38-35-25-14-26-36(43(35)50-45(38)41(44(37)49-42(33)34)31-19-9-3-10-20-31)40-28-39(30-17-7-2-8-18-30)47-46(48-40)32-21-11-4-12-22-32/h1-21,23-28,32H,22H2. The normalized spacial score (nSPS) is 14.4. The molecule has 0 amide bonds. The lowest BCUT2D eigenvalue weighted by Gasteiger charge is -2.15. The lowest BCUT2D eigenvalue weighted by molar-refractivity contribution is 0.659. The molecule has 0 N–H and O–H groups in total. The molecule has 4 heteroatoms. The van der Waals surface area contributed by atoms with Gasteiger partial charge in [0.25, 0.3) is 0 Å². The molecule has 3 aromatic heterocycles. The Labute approximate surface area is 288 Å². The van der Waals surface area contributed by atoms with E-state index in [4.69, 9.17) is 18.8 Å². The van der Waals surface area contributed by atoms with Crippen LogP contribution in [-0.2, 0) is 0 Å². The van der Waals surface area contributed by atoms with Crippen LogP contribution in [0.25, 0.3) is 88.6 Å². The second kappa shape index (κ2) is 11.6. The third kappa shape index (κ3) is 4.61. The summed E-state index contributed by atoms with van der Waals surface area (Å²) in [5.41, 5.74) is 11.2. The number of allylic oxidation sites excluding steroid dienone is 4. The highest BCUT2D eigenvalue weighted by Crippen LogP contribution is 2.47. The van der Waals surface area contributed by atoms with Crippen LogP contribution in [0.3, 0.4) is 0 Å². The predicted molar refractivity (Wildman–Crippen MR) is 204 cm³/mol. The molecule has 0 radical (unpaired) electrons. The topological polar surface area (TPSA) is 52.1 Å². The number of furan rings is 2. The first-order valence-electron chi connectivity index (χ1n) is 17.0. The van der Waals surface area contributed by atoms with Gasteiger partial charge in [0.2, 0.25) is 0 Å². The minimum Gasteiger partial charge on any atom is -0.455 e. The summed E-state index contributed by atoms with van der Waals surface area (Å²) in [6, 6.07) is 48.3. The first-order valence-corrected chi connectivity index (χ1v) is 17.0. The number of nitrogens with zero attached hydrogens (tertiary/aromatic N) is 2. The van der Waals surface area contributed by atoms with Gasteiger partial charge in [-0.25, -0.2) is 9.97 Å². The van der Waals surface area contributed by atoms with E-state index in [1.54, 1.807) is 0 Å². The molecule has 4 nitrogen and oxygen atoms in total. The van der Waals surface area contributed by atoms with Crippen LogP contribution >= 0.6 is 0 Å². The Balaban J connectivity index is 1.25. The van der Waals surface area contributed by atoms with Crippen molar-refractivity contribution in [3.63, 3.8) is 0 Å². The first-order chi connectivity index (χ1) is 24.8. The van der Waals surface area contributed by atoms with Crippen molar-refractivity contribution in [3.05, 3.63) is 170 Å². The second-order valence-electron chi connectivity index (χ2n) is 12.8. The summed E-state index contributed by atoms with van der Waals surface area (Å²) in [6.45, 7) is 0. The summed E-state index contributed by atoms with van der Waals surface area (Å²) >= 11 is 0. The molecule has 1 aliphatic carbocycles. The zero-order chi connectivity index (χ0) is 33.0. The SMILES string of the molecule is C1=CCC(c2nc(-c3ccccc3)cc(-c3cccc4c3oc3c(-c5ccccc5)c5oc6c(-c7ccccc7)cccc6c5cc34)n2)C=C1. The average molecular weight is 643 g/mol. The van der Waals surface area contributed by atoms with Crippen molar-refractivity contribution in [1.29, 1.82) is 0 Å². The third-order valence-corrected chi connectivity index (χ3v) is 9.80. The number of rotatable bonds is 5. The predicted octanol–water partition coefficient (Wildman–Crippen LogP) is 12.5. The molecule has 0 saturated carbocycles. The minimum atomic E-state index is 0.0999. The van der Waals surface area contributed by atoms with E-state index in [1.807, 2.05) is 30.3 Å². The largest absolute Gasteiger partial charge is 0.455 e. The highest BCUT2D eigenvalue weighted by Gasteiger charge is 2.24. The smallest absolute Gasteiger partial charge is 0.147 e. The lowest BCUT2D eigenvalue weighted by atomic mass is 9.97. The molecule has 1 unspecified atom stereocenters. The summed E-state index contributed by atoms with van der Waals surface area (Å²) in [5, 5.41) is 4.21. The van der Waals surface area contributed by atoms with Gasteiger partial charge in [-0.2, -0.15) is 0 Å². The molecule has 0 aliphatic heterocycles. The molecule has 10 rings (SSSR count). The van der Waals surface area contributed by atoms with Crippen molar-refractivity contribution >= 4 is 43.9 Å². The second-order valence-corrected chi connectivity index (χ2v) is 12.8. The van der Waals surface area contributed by atoms with Crippen molar-refractivity contribution in [2.45, 2.75) is 12.3 Å². The Morgan fingerprint density at radius 1 is 0.460 bits per heavy atom. The van der Waals surface area contributed by atoms with Gasteiger partial charge in [0, 0.05) is 44.2 Å². The fourth-order valence-corrected chi connectivity index (χ4v) is 7.39. The fourth-order valence-electron chi connectivity index (χ4n) is 7.39. The van der Waals surface area contributed by atoms with Crippen LogP contribution < -0.4 is 0 Å². The fraction of sp³-hybridized carbons (Fsp3) is 0.0435. The van der Waals surface area contributed by atoms with Gasteiger partial charge in [-0.3, -0.25) is 0 Å². The van der Waals surface area contributed by atoms with Gasteiger partial charge in [-0.15, -0.1) is 0 Å². The molecule has 0 fully saturated rings. The highest BCUT2D eigenvalue weighted by atomic mass is 16.3. The number of hydrogen-bond donors (Lipinski definition) is 0. The van der Waals surface area contributed by atoms with Crippen LogP contribution in [0.2, 0.25) is 0 Å². The number of para-hydroxylation sites is 2. The van der Waals surface area contributed by atoms with Crippen LogP contribution in [0.1, 0.15) is 18.2 Å². The van der Waals surface area contributed by atoms with Gasteiger partial charge >= 0.3 is 0 Å². The van der Waals surface area contributed by atoms with Gasteiger partial charge in [0.05, 0.1) is 17.0 Å². The monoisotopic (exact) mass is 642 g/mol. The van der Waals surface area contributed by atoms with Crippen molar-refractivity contribution < 1.29 is 8.83 Å². The maximum atomic E-state index is 7.03. The van der Waals surface area contributed by atoms with Crippen molar-refractivity contribution in [2.75, 3.05) is 0 Å². The Bertz CT molecular complexity index is 2770. The summed E-state index contributed by atoms with van der Waals surface area (Å²) < 4.78 is 13.9. The molecule has 0 spiro atoms. The Morgan fingerprint density at radius 3 is 1.68 bits per heavy atom. The molecule has 6 aromatic carbocycles. The number of fused-ring (bicyclic) bond motifs is 6. The maximum Gasteiger partial charge on any atom is 0.147 e. The molecule has 3 heterocycles. The molecule has 236 valence electrons. The molecule has 50 heavy (non-hydrogen) atoms. The van der Waals surface area contributed by atoms with Crippen molar-refractivity contribution in [2.24, 2.45) is 0 Å². The lowest BCUT2D eigenvalue weighted by Crippen LogP contribution is -2.05. The first kappa shape index (κ1) is 28.5. The zero-order valence-corrected chi connectivity index (χ0v) is 27.1. The van der Waals surface area contributed by atoms with E-state index in [1.165, 1.54) is 0 Å². The van der Waals surface area contributed by atoms with Crippen LogP contribution in [0.4, 0.5) is 0 Å². The number of aromatic nitrogens is 2. The molecule has 1 aliphatic rings. The van der Waals surface area contributed by atoms with Gasteiger partial charge in [0.15, 0.2) is 0 Å².